The normalized spacial score (nSPS) is 15.4. The second-order valence-corrected chi connectivity index (χ2v) is 9.19. The van der Waals surface area contributed by atoms with Gasteiger partial charge in [-0.15, -0.1) is 0 Å². The quantitative estimate of drug-likeness (QED) is 0.298. The van der Waals surface area contributed by atoms with Crippen LogP contribution in [0, 0.1) is 0 Å². The topological polar surface area (TPSA) is 175 Å². The number of nitrogens with one attached hydrogen (secondary N) is 2. The third-order valence-electron chi connectivity index (χ3n) is 6.40. The number of amides is 4. The number of pyridine rings is 1. The average Bonchev–Trinajstić information content (AvgIpc) is 3.07. The van der Waals surface area contributed by atoms with Crippen molar-refractivity contribution in [3.05, 3.63) is 66.5 Å². The molecule has 0 aliphatic carbocycles. The number of carbonyl (C=O) groups excluding carboxylic acids is 5. The van der Waals surface area contributed by atoms with Gasteiger partial charge in [-0.05, 0) is 29.7 Å². The molecule has 13 heteroatoms. The molecular weight excluding hydrogens is 534 g/mol. The number of carboxylic acid groups (broad SMARTS) is 1. The summed E-state index contributed by atoms with van der Waals surface area (Å²) in [5.41, 5.74) is 0.745. The highest BCUT2D eigenvalue weighted by molar-refractivity contribution is 6.13. The van der Waals surface area contributed by atoms with E-state index in [2.05, 4.69) is 15.6 Å². The van der Waals surface area contributed by atoms with Gasteiger partial charge in [0.25, 0.3) is 17.7 Å². The van der Waals surface area contributed by atoms with E-state index in [0.717, 1.165) is 10.3 Å². The number of rotatable bonds is 10. The van der Waals surface area contributed by atoms with Crippen LogP contribution in [0.25, 0.3) is 10.8 Å². The molecule has 1 unspecified atom stereocenters. The monoisotopic (exact) mass is 561 g/mol. The summed E-state index contributed by atoms with van der Waals surface area (Å²) in [5, 5.41) is 15.3. The Morgan fingerprint density at radius 2 is 1.88 bits per heavy atom. The fourth-order valence-electron chi connectivity index (χ4n) is 4.56. The molecule has 3 N–H and O–H groups in total. The van der Waals surface area contributed by atoms with Gasteiger partial charge >= 0.3 is 5.97 Å². The summed E-state index contributed by atoms with van der Waals surface area (Å²) in [6.45, 7) is -1.19. The standard InChI is InChI=1S/C28H27N5O8/c1-41-16-25(36)32-13-21(31-27(39)19-6-4-5-17-9-10-29-12-20(17)19)28(40)33(23-8-3-2-7-22(23)32)14-24(35)30-18(15-34)11-26(37)38/h2-10,12,15,18,21H,11,13-14,16H2,1H3,(H,30,35)(H,31,39)(H,37,38)/t18-,21?/m0/s1. The van der Waals surface area contributed by atoms with E-state index in [1.54, 1.807) is 42.6 Å². The van der Waals surface area contributed by atoms with Crippen molar-refractivity contribution in [2.24, 2.45) is 0 Å². The van der Waals surface area contributed by atoms with E-state index < -0.39 is 54.6 Å². The van der Waals surface area contributed by atoms with Crippen LogP contribution in [-0.2, 0) is 28.7 Å². The zero-order chi connectivity index (χ0) is 29.5. The van der Waals surface area contributed by atoms with Gasteiger partial charge in [-0.3, -0.25) is 33.9 Å². The van der Waals surface area contributed by atoms with Gasteiger partial charge in [-0.2, -0.15) is 0 Å². The Hall–Kier alpha value is -5.17. The average molecular weight is 562 g/mol. The molecule has 4 rings (SSSR count). The number of hydrogen-bond donors (Lipinski definition) is 3. The van der Waals surface area contributed by atoms with E-state index in [1.165, 1.54) is 24.3 Å². The number of anilines is 2. The van der Waals surface area contributed by atoms with Crippen LogP contribution in [0.1, 0.15) is 16.8 Å². The Kier molecular flexibility index (Phi) is 8.99. The number of aliphatic carboxylic acids is 1. The Morgan fingerprint density at radius 1 is 1.12 bits per heavy atom. The number of carbonyl (C=O) groups is 6. The minimum absolute atomic E-state index is 0.198. The Balaban J connectivity index is 1.70. The third-order valence-corrected chi connectivity index (χ3v) is 6.40. The SMILES string of the molecule is COCC(=O)N1CC(NC(=O)c2cccc3ccncc23)C(=O)N(CC(=O)N[C@H](C=O)CC(=O)O)c2ccccc21. The number of nitrogens with zero attached hydrogens (tertiary/aromatic N) is 3. The van der Waals surface area contributed by atoms with Crippen molar-refractivity contribution in [2.45, 2.75) is 18.5 Å². The molecule has 4 amide bonds. The zero-order valence-electron chi connectivity index (χ0n) is 22.0. The molecule has 13 nitrogen and oxygen atoms in total. The van der Waals surface area contributed by atoms with Gasteiger partial charge < -0.3 is 30.2 Å². The minimum Gasteiger partial charge on any atom is -0.481 e. The Bertz CT molecular complexity index is 1500. The highest BCUT2D eigenvalue weighted by Gasteiger charge is 2.38. The second kappa shape index (κ2) is 12.8. The van der Waals surface area contributed by atoms with Crippen LogP contribution in [0.2, 0.25) is 0 Å². The maximum Gasteiger partial charge on any atom is 0.305 e. The number of methoxy groups -OCH3 is 1. The lowest BCUT2D eigenvalue weighted by molar-refractivity contribution is -0.139. The van der Waals surface area contributed by atoms with E-state index in [4.69, 9.17) is 9.84 Å². The van der Waals surface area contributed by atoms with E-state index in [9.17, 15) is 28.8 Å². The first-order valence-electron chi connectivity index (χ1n) is 12.5. The largest absolute Gasteiger partial charge is 0.481 e. The molecule has 0 saturated heterocycles. The summed E-state index contributed by atoms with van der Waals surface area (Å²) in [6, 6.07) is 10.6. The Labute approximate surface area is 234 Å². The van der Waals surface area contributed by atoms with Crippen molar-refractivity contribution >= 4 is 58.0 Å². The van der Waals surface area contributed by atoms with Crippen molar-refractivity contribution in [3.8, 4) is 0 Å². The molecule has 1 aliphatic heterocycles. The van der Waals surface area contributed by atoms with Crippen molar-refractivity contribution in [1.29, 1.82) is 0 Å². The van der Waals surface area contributed by atoms with Crippen molar-refractivity contribution < 1.29 is 38.6 Å². The number of carboxylic acids is 1. The number of hydrogen-bond acceptors (Lipinski definition) is 8. The van der Waals surface area contributed by atoms with Gasteiger partial charge in [0.15, 0.2) is 0 Å². The lowest BCUT2D eigenvalue weighted by atomic mass is 10.1. The van der Waals surface area contributed by atoms with E-state index in [0.29, 0.717) is 11.1 Å². The molecule has 2 atom stereocenters. The first-order chi connectivity index (χ1) is 19.7. The predicted molar refractivity (Wildman–Crippen MR) is 146 cm³/mol. The zero-order valence-corrected chi connectivity index (χ0v) is 22.0. The summed E-state index contributed by atoms with van der Waals surface area (Å²) in [5.74, 6) is -3.90. The van der Waals surface area contributed by atoms with Gasteiger partial charge in [-0.1, -0.05) is 24.3 Å². The van der Waals surface area contributed by atoms with Crippen LogP contribution in [-0.4, -0.2) is 84.9 Å². The summed E-state index contributed by atoms with van der Waals surface area (Å²) < 4.78 is 5.02. The number of aromatic nitrogens is 1. The Morgan fingerprint density at radius 3 is 2.59 bits per heavy atom. The second-order valence-electron chi connectivity index (χ2n) is 9.19. The van der Waals surface area contributed by atoms with Gasteiger partial charge in [0.05, 0.1) is 30.4 Å². The number of benzene rings is 2. The van der Waals surface area contributed by atoms with Crippen molar-refractivity contribution in [3.63, 3.8) is 0 Å². The third kappa shape index (κ3) is 6.53. The molecule has 41 heavy (non-hydrogen) atoms. The molecule has 1 aromatic heterocycles. The molecule has 0 fully saturated rings. The molecule has 3 aromatic rings. The van der Waals surface area contributed by atoms with Crippen LogP contribution >= 0.6 is 0 Å². The van der Waals surface area contributed by atoms with Crippen LogP contribution < -0.4 is 20.4 Å². The molecule has 0 radical (unpaired) electrons. The molecule has 0 bridgehead atoms. The highest BCUT2D eigenvalue weighted by Crippen LogP contribution is 2.33. The molecular formula is C28H27N5O8. The van der Waals surface area contributed by atoms with Crippen LogP contribution in [0.5, 0.6) is 0 Å². The van der Waals surface area contributed by atoms with Gasteiger partial charge in [0.2, 0.25) is 5.91 Å². The van der Waals surface area contributed by atoms with Crippen LogP contribution in [0.3, 0.4) is 0 Å². The number of para-hydroxylation sites is 2. The van der Waals surface area contributed by atoms with Crippen molar-refractivity contribution in [2.75, 3.05) is 36.6 Å². The lowest BCUT2D eigenvalue weighted by Crippen LogP contribution is -2.55. The fourth-order valence-corrected chi connectivity index (χ4v) is 4.56. The lowest BCUT2D eigenvalue weighted by Gasteiger charge is -2.25. The van der Waals surface area contributed by atoms with Crippen LogP contribution in [0.4, 0.5) is 11.4 Å². The maximum atomic E-state index is 13.9. The molecule has 2 heterocycles. The van der Waals surface area contributed by atoms with E-state index in [1.807, 2.05) is 6.07 Å². The number of fused-ring (bicyclic) bond motifs is 2. The van der Waals surface area contributed by atoms with Gasteiger partial charge in [0, 0.05) is 30.5 Å². The van der Waals surface area contributed by atoms with E-state index >= 15 is 0 Å². The van der Waals surface area contributed by atoms with E-state index in [-0.39, 0.29) is 30.7 Å². The molecule has 2 aromatic carbocycles. The smallest absolute Gasteiger partial charge is 0.305 e. The molecule has 0 spiro atoms. The van der Waals surface area contributed by atoms with Gasteiger partial charge in [0.1, 0.15) is 25.5 Å². The highest BCUT2D eigenvalue weighted by atomic mass is 16.5. The molecule has 0 saturated carbocycles. The molecule has 212 valence electrons. The molecule has 1 aliphatic rings. The van der Waals surface area contributed by atoms with Gasteiger partial charge in [-0.25, -0.2) is 0 Å². The predicted octanol–water partition coefficient (Wildman–Crippen LogP) is 0.518. The number of ether oxygens (including phenoxy) is 1. The van der Waals surface area contributed by atoms with Crippen LogP contribution in [0.15, 0.2) is 60.9 Å². The fraction of sp³-hybridized carbons (Fsp3) is 0.250. The summed E-state index contributed by atoms with van der Waals surface area (Å²) in [7, 11) is 1.35. The van der Waals surface area contributed by atoms with Crippen molar-refractivity contribution in [1.82, 2.24) is 15.6 Å². The first-order valence-corrected chi connectivity index (χ1v) is 12.5. The summed E-state index contributed by atoms with van der Waals surface area (Å²) in [4.78, 5) is 82.2. The first kappa shape index (κ1) is 28.8. The summed E-state index contributed by atoms with van der Waals surface area (Å²) in [6.07, 6.45) is 2.76. The minimum atomic E-state index is -1.31. The maximum absolute atomic E-state index is 13.9. The number of aldehydes is 1. The summed E-state index contributed by atoms with van der Waals surface area (Å²) >= 11 is 0.